The number of furan rings is 1. The predicted molar refractivity (Wildman–Crippen MR) is 223 cm³/mol. The summed E-state index contributed by atoms with van der Waals surface area (Å²) < 4.78 is 20.6. The first kappa shape index (κ1) is 46.2. The monoisotopic (exact) mass is 818 g/mol. The lowest BCUT2D eigenvalue weighted by Crippen LogP contribution is -2.48. The van der Waals surface area contributed by atoms with Crippen LogP contribution >= 0.6 is 0 Å². The largest absolute Gasteiger partial charge is 0.471 e. The van der Waals surface area contributed by atoms with Crippen LogP contribution in [0, 0.1) is 11.8 Å². The topological polar surface area (TPSA) is 197 Å². The van der Waals surface area contributed by atoms with Gasteiger partial charge in [0, 0.05) is 19.5 Å². The number of fused-ring (bicyclic) bond motifs is 2. The summed E-state index contributed by atoms with van der Waals surface area (Å²) in [6.45, 7) is 12.9. The van der Waals surface area contributed by atoms with Gasteiger partial charge in [0.15, 0.2) is 5.76 Å². The van der Waals surface area contributed by atoms with E-state index in [1.165, 1.54) is 14.2 Å². The van der Waals surface area contributed by atoms with Crippen molar-refractivity contribution in [3.8, 4) is 11.5 Å². The molecule has 1 aliphatic carbocycles. The molecule has 6 rings (SSSR count). The second kappa shape index (κ2) is 22.6. The van der Waals surface area contributed by atoms with E-state index in [2.05, 4.69) is 94.0 Å². The first-order valence-corrected chi connectivity index (χ1v) is 20.3. The zero-order valence-electron chi connectivity index (χ0n) is 35.9. The summed E-state index contributed by atoms with van der Waals surface area (Å²) in [7, 11) is 6.31. The van der Waals surface area contributed by atoms with E-state index >= 15 is 0 Å². The number of amides is 2. The Morgan fingerprint density at radius 3 is 2.22 bits per heavy atom. The lowest BCUT2D eigenvalue weighted by molar-refractivity contribution is -0.136. The normalized spacial score (nSPS) is 17.7. The number of ether oxygens (including phenoxy) is 3. The molecule has 0 aromatic carbocycles. The van der Waals surface area contributed by atoms with E-state index in [0.29, 0.717) is 38.9 Å². The van der Waals surface area contributed by atoms with Gasteiger partial charge in [0.25, 0.3) is 12.9 Å². The van der Waals surface area contributed by atoms with Gasteiger partial charge in [-0.05, 0) is 87.4 Å². The number of aromatic nitrogens is 4. The molecule has 2 unspecified atom stereocenters. The number of allylic oxidation sites excluding steroid dienone is 4. The van der Waals surface area contributed by atoms with Crippen LogP contribution in [0.15, 0.2) is 52.4 Å². The number of aromatic amines is 2. The lowest BCUT2D eigenvalue weighted by Gasteiger charge is -2.29. The third-order valence-corrected chi connectivity index (χ3v) is 10.4. The lowest BCUT2D eigenvalue weighted by atomic mass is 9.99. The Morgan fingerprint density at radius 1 is 0.932 bits per heavy atom. The predicted octanol–water partition coefficient (Wildman–Crippen LogP) is 5.23. The number of nitrogens with one attached hydrogen (secondary N) is 4. The highest BCUT2D eigenvalue weighted by Crippen LogP contribution is 2.36. The zero-order valence-corrected chi connectivity index (χ0v) is 35.9. The van der Waals surface area contributed by atoms with Gasteiger partial charge in [-0.1, -0.05) is 40.7 Å². The summed E-state index contributed by atoms with van der Waals surface area (Å²) in [6.07, 6.45) is 14.7. The van der Waals surface area contributed by atoms with E-state index in [9.17, 15) is 9.59 Å². The zero-order chi connectivity index (χ0) is 43.1. The molecule has 16 nitrogen and oxygen atoms in total. The van der Waals surface area contributed by atoms with Crippen LogP contribution in [0.5, 0.6) is 0 Å². The SMILES string of the molecule is CCCN(Cc1ncc(C2=CC/C3=C/Cc4oc(-c5cnc(C6CCCN6C(=O)[C@@H](NC)C(C)C)[nH]5)cc4CC=C3O2)[nH]1)C(=O)C(NC)C(C)C.COC=O.COC=O. The molecular weight excluding hydrogens is 757 g/mol. The molecule has 1 fully saturated rings. The Kier molecular flexibility index (Phi) is 17.7. The summed E-state index contributed by atoms with van der Waals surface area (Å²) in [5.41, 5.74) is 3.81. The smallest absolute Gasteiger partial charge is 0.292 e. The van der Waals surface area contributed by atoms with E-state index in [0.717, 1.165) is 89.4 Å². The standard InChI is InChI=1S/C39H54N8O4.2C2H4O2/c1-8-17-46(38(48)35(40-6)23(2)3)22-34-42-20-27(44-34)32-16-12-25-11-14-31-26(13-15-30(25)50-32)19-33(51-31)28-21-43-37(45-28)29-10-9-18-47(29)39(49)36(41-7)24(4)5;2*1-4-2-3/h11,15-16,19-21,23-24,29,35-36,40-41H,8-10,12-14,17-18,22H2,1-7H3,(H,42,44)(H,43,45);2*2H,1H3/b25-11-,30-15?;;/t29?,35?,36-;;/m0../s1. The van der Waals surface area contributed by atoms with Gasteiger partial charge in [0.2, 0.25) is 11.8 Å². The molecule has 0 bridgehead atoms. The fourth-order valence-corrected chi connectivity index (χ4v) is 7.50. The van der Waals surface area contributed by atoms with Crippen LogP contribution in [-0.2, 0) is 52.8 Å². The molecule has 0 radical (unpaired) electrons. The van der Waals surface area contributed by atoms with Crippen molar-refractivity contribution in [1.29, 1.82) is 0 Å². The molecule has 0 saturated carbocycles. The minimum atomic E-state index is -0.239. The molecule has 59 heavy (non-hydrogen) atoms. The minimum absolute atomic E-state index is 0.0763. The van der Waals surface area contributed by atoms with Crippen molar-refractivity contribution in [2.24, 2.45) is 11.8 Å². The third kappa shape index (κ3) is 11.8. The summed E-state index contributed by atoms with van der Waals surface area (Å²) in [5, 5.41) is 6.37. The Balaban J connectivity index is 0.000000882. The van der Waals surface area contributed by atoms with Crippen molar-refractivity contribution in [3.05, 3.63) is 76.7 Å². The van der Waals surface area contributed by atoms with E-state index in [4.69, 9.17) is 23.7 Å². The third-order valence-electron chi connectivity index (χ3n) is 10.4. The maximum Gasteiger partial charge on any atom is 0.292 e. The number of nitrogens with zero attached hydrogens (tertiary/aromatic N) is 4. The summed E-state index contributed by atoms with van der Waals surface area (Å²) in [6, 6.07) is 1.55. The minimum Gasteiger partial charge on any atom is -0.471 e. The summed E-state index contributed by atoms with van der Waals surface area (Å²) in [5.74, 6) is 5.34. The molecule has 322 valence electrons. The number of carbonyl (C=O) groups is 4. The molecule has 16 heteroatoms. The van der Waals surface area contributed by atoms with Crippen molar-refractivity contribution >= 4 is 30.5 Å². The van der Waals surface area contributed by atoms with Crippen LogP contribution in [0.25, 0.3) is 17.2 Å². The number of H-pyrrole nitrogens is 2. The van der Waals surface area contributed by atoms with Crippen molar-refractivity contribution < 1.29 is 37.8 Å². The van der Waals surface area contributed by atoms with Crippen LogP contribution in [0.2, 0.25) is 0 Å². The number of methoxy groups -OCH3 is 2. The molecule has 3 atom stereocenters. The summed E-state index contributed by atoms with van der Waals surface area (Å²) in [4.78, 5) is 64.6. The fraction of sp³-hybridized carbons (Fsp3) is 0.535. The van der Waals surface area contributed by atoms with E-state index in [1.54, 1.807) is 6.20 Å². The maximum atomic E-state index is 13.4. The first-order valence-electron chi connectivity index (χ1n) is 20.3. The van der Waals surface area contributed by atoms with Crippen molar-refractivity contribution in [2.45, 2.75) is 97.8 Å². The second-order valence-corrected chi connectivity index (χ2v) is 15.2. The average molecular weight is 819 g/mol. The number of hydrogen-bond acceptors (Lipinski definition) is 12. The van der Waals surface area contributed by atoms with Gasteiger partial charge in [0.05, 0.1) is 51.3 Å². The second-order valence-electron chi connectivity index (χ2n) is 15.2. The van der Waals surface area contributed by atoms with Crippen LogP contribution in [-0.4, -0.2) is 108 Å². The molecule has 4 N–H and O–H groups in total. The van der Waals surface area contributed by atoms with E-state index < -0.39 is 0 Å². The number of imidazole rings is 2. The highest BCUT2D eigenvalue weighted by atomic mass is 16.5. The van der Waals surface area contributed by atoms with Gasteiger partial charge in [-0.2, -0.15) is 0 Å². The van der Waals surface area contributed by atoms with Crippen LogP contribution < -0.4 is 10.6 Å². The Morgan fingerprint density at radius 2 is 1.59 bits per heavy atom. The maximum absolute atomic E-state index is 13.4. The molecule has 3 aromatic heterocycles. The molecular formula is C43H62N8O8. The highest BCUT2D eigenvalue weighted by molar-refractivity contribution is 5.83. The van der Waals surface area contributed by atoms with Crippen molar-refractivity contribution in [3.63, 3.8) is 0 Å². The van der Waals surface area contributed by atoms with Crippen LogP contribution in [0.1, 0.15) is 95.0 Å². The first-order chi connectivity index (χ1) is 28.4. The number of likely N-dealkylation sites (N-methyl/N-ethyl adjacent to an activating group) is 2. The quantitative estimate of drug-likeness (QED) is 0.146. The number of carbonyl (C=O) groups excluding carboxylic acids is 4. The van der Waals surface area contributed by atoms with Crippen LogP contribution in [0.4, 0.5) is 0 Å². The molecule has 1 saturated heterocycles. The van der Waals surface area contributed by atoms with Crippen molar-refractivity contribution in [2.75, 3.05) is 41.4 Å². The molecule has 2 aliphatic heterocycles. The number of rotatable bonds is 15. The van der Waals surface area contributed by atoms with Gasteiger partial charge < -0.3 is 49.0 Å². The van der Waals surface area contributed by atoms with Gasteiger partial charge in [-0.25, -0.2) is 9.97 Å². The number of likely N-dealkylation sites (tertiary alicyclic amines) is 1. The number of hydrogen-bond donors (Lipinski definition) is 4. The van der Waals surface area contributed by atoms with Gasteiger partial charge >= 0.3 is 0 Å². The van der Waals surface area contributed by atoms with E-state index in [-0.39, 0.29) is 41.8 Å². The Hall–Kier alpha value is -5.48. The fourth-order valence-electron chi connectivity index (χ4n) is 7.50. The Bertz CT molecular complexity index is 1930. The molecule has 3 aromatic rings. The molecule has 5 heterocycles. The summed E-state index contributed by atoms with van der Waals surface area (Å²) >= 11 is 0. The molecule has 2 amide bonds. The molecule has 0 spiro atoms. The Labute approximate surface area is 347 Å². The highest BCUT2D eigenvalue weighted by Gasteiger charge is 2.36. The van der Waals surface area contributed by atoms with Gasteiger partial charge in [-0.15, -0.1) is 0 Å². The van der Waals surface area contributed by atoms with Crippen molar-refractivity contribution in [1.82, 2.24) is 40.4 Å². The van der Waals surface area contributed by atoms with Gasteiger partial charge in [0.1, 0.15) is 40.3 Å². The van der Waals surface area contributed by atoms with Crippen LogP contribution in [0.3, 0.4) is 0 Å². The molecule has 3 aliphatic rings. The van der Waals surface area contributed by atoms with Gasteiger partial charge in [-0.3, -0.25) is 19.2 Å². The average Bonchev–Trinajstić information content (AvgIpc) is 4.06. The van der Waals surface area contributed by atoms with E-state index in [1.807, 2.05) is 30.1 Å².